The van der Waals surface area contributed by atoms with E-state index >= 15 is 0 Å². The molecule has 2 nitrogen and oxygen atoms in total. The molecule has 0 heterocycles. The van der Waals surface area contributed by atoms with E-state index in [0.717, 1.165) is 33.4 Å². The second-order valence-corrected chi connectivity index (χ2v) is 5.73. The van der Waals surface area contributed by atoms with Crippen LogP contribution in [0, 0.1) is 0 Å². The molecule has 2 aromatic rings. The Morgan fingerprint density at radius 2 is 0.875 bits per heavy atom. The summed E-state index contributed by atoms with van der Waals surface area (Å²) >= 11 is 0. The Labute approximate surface area is 140 Å². The molecule has 114 valence electrons. The van der Waals surface area contributed by atoms with Crippen molar-refractivity contribution >= 4 is 22.7 Å². The van der Waals surface area contributed by atoms with E-state index in [2.05, 4.69) is 0 Å². The van der Waals surface area contributed by atoms with Crippen LogP contribution in [-0.4, -0.2) is 11.6 Å². The van der Waals surface area contributed by atoms with Gasteiger partial charge < -0.3 is 0 Å². The lowest BCUT2D eigenvalue weighted by atomic mass is 9.89. The number of ketones is 2. The highest BCUT2D eigenvalue weighted by Gasteiger charge is 2.16. The van der Waals surface area contributed by atoms with Gasteiger partial charge >= 0.3 is 0 Å². The third-order valence-corrected chi connectivity index (χ3v) is 4.28. The second kappa shape index (κ2) is 5.74. The van der Waals surface area contributed by atoms with Crippen LogP contribution in [0.25, 0.3) is 11.1 Å². The molecule has 0 fully saturated rings. The lowest BCUT2D eigenvalue weighted by Gasteiger charge is -2.14. The summed E-state index contributed by atoms with van der Waals surface area (Å²) in [5, 5.41) is 0. The van der Waals surface area contributed by atoms with Crippen molar-refractivity contribution in [2.45, 2.75) is 0 Å². The third kappa shape index (κ3) is 2.38. The van der Waals surface area contributed by atoms with Crippen LogP contribution in [0.15, 0.2) is 85.0 Å². The molecule has 2 aliphatic carbocycles. The Kier molecular flexibility index (Phi) is 3.43. The van der Waals surface area contributed by atoms with Gasteiger partial charge in [-0.05, 0) is 34.4 Å². The van der Waals surface area contributed by atoms with Crippen LogP contribution in [0.1, 0.15) is 31.8 Å². The third-order valence-electron chi connectivity index (χ3n) is 4.28. The Bertz CT molecular complexity index is 903. The summed E-state index contributed by atoms with van der Waals surface area (Å²) in [6.07, 6.45) is 10.9. The topological polar surface area (TPSA) is 34.1 Å². The molecule has 0 spiro atoms. The summed E-state index contributed by atoms with van der Waals surface area (Å²) in [5.74, 6) is 0.0628. The van der Waals surface area contributed by atoms with Crippen molar-refractivity contribution in [3.05, 3.63) is 107 Å². The van der Waals surface area contributed by atoms with E-state index in [4.69, 9.17) is 0 Å². The van der Waals surface area contributed by atoms with Gasteiger partial charge in [-0.15, -0.1) is 0 Å². The maximum atomic E-state index is 12.0. The quantitative estimate of drug-likeness (QED) is 0.768. The summed E-state index contributed by atoms with van der Waals surface area (Å²) in [4.78, 5) is 23.9. The van der Waals surface area contributed by atoms with Crippen LogP contribution in [0.5, 0.6) is 0 Å². The first-order valence-electron chi connectivity index (χ1n) is 7.79. The number of carbonyl (C=O) groups excluding carboxylic acids is 2. The van der Waals surface area contributed by atoms with Crippen molar-refractivity contribution in [3.63, 3.8) is 0 Å². The van der Waals surface area contributed by atoms with E-state index < -0.39 is 0 Å². The van der Waals surface area contributed by atoms with Gasteiger partial charge in [0, 0.05) is 11.1 Å². The molecule has 0 saturated heterocycles. The lowest BCUT2D eigenvalue weighted by molar-refractivity contribution is 0.103. The zero-order valence-corrected chi connectivity index (χ0v) is 12.9. The Hall–Kier alpha value is -3.26. The van der Waals surface area contributed by atoms with Gasteiger partial charge in [0.2, 0.25) is 0 Å². The number of hydrogen-bond donors (Lipinski definition) is 0. The summed E-state index contributed by atoms with van der Waals surface area (Å²) in [6.45, 7) is 0. The zero-order valence-electron chi connectivity index (χ0n) is 12.9. The normalized spacial score (nSPS) is 18.8. The van der Waals surface area contributed by atoms with Crippen LogP contribution in [0.4, 0.5) is 0 Å². The highest BCUT2D eigenvalue weighted by atomic mass is 16.1. The Morgan fingerprint density at radius 3 is 1.29 bits per heavy atom. The molecule has 2 aromatic carbocycles. The molecule has 0 saturated carbocycles. The molecule has 0 aromatic heterocycles. The molecular weight excluding hydrogens is 296 g/mol. The highest BCUT2D eigenvalue weighted by Crippen LogP contribution is 2.29. The summed E-state index contributed by atoms with van der Waals surface area (Å²) in [7, 11) is 0. The molecule has 0 aliphatic heterocycles. The molecule has 0 unspecified atom stereocenters. The largest absolute Gasteiger partial charge is 0.289 e. The van der Waals surface area contributed by atoms with Gasteiger partial charge in [0.05, 0.1) is 0 Å². The molecular formula is C22H14O2. The van der Waals surface area contributed by atoms with Gasteiger partial charge in [-0.1, -0.05) is 72.8 Å². The van der Waals surface area contributed by atoms with Gasteiger partial charge in [-0.3, -0.25) is 9.59 Å². The van der Waals surface area contributed by atoms with E-state index in [1.165, 1.54) is 0 Å². The van der Waals surface area contributed by atoms with Crippen LogP contribution in [-0.2, 0) is 0 Å². The van der Waals surface area contributed by atoms with Crippen molar-refractivity contribution in [1.82, 2.24) is 0 Å². The molecule has 0 atom stereocenters. The van der Waals surface area contributed by atoms with Crippen molar-refractivity contribution < 1.29 is 9.59 Å². The van der Waals surface area contributed by atoms with E-state index in [1.54, 1.807) is 12.2 Å². The van der Waals surface area contributed by atoms with E-state index in [-0.39, 0.29) is 11.6 Å². The number of benzene rings is 2. The molecule has 0 amide bonds. The minimum absolute atomic E-state index is 0.0314. The first-order valence-corrected chi connectivity index (χ1v) is 7.79. The van der Waals surface area contributed by atoms with Crippen LogP contribution in [0.2, 0.25) is 0 Å². The number of carbonyl (C=O) groups is 2. The van der Waals surface area contributed by atoms with Crippen LogP contribution in [0.3, 0.4) is 0 Å². The number of hydrogen-bond acceptors (Lipinski definition) is 2. The van der Waals surface area contributed by atoms with Gasteiger partial charge in [0.1, 0.15) is 0 Å². The SMILES string of the molecule is O=C1C=CC(=CC=C2C=CC(=O)c3ccccc32)c2ccccc21. The van der Waals surface area contributed by atoms with Gasteiger partial charge in [0.15, 0.2) is 11.6 Å². The van der Waals surface area contributed by atoms with E-state index in [9.17, 15) is 9.59 Å². The van der Waals surface area contributed by atoms with Crippen molar-refractivity contribution in [1.29, 1.82) is 0 Å². The molecule has 0 bridgehead atoms. The fourth-order valence-corrected chi connectivity index (χ4v) is 3.06. The van der Waals surface area contributed by atoms with Gasteiger partial charge in [-0.2, -0.15) is 0 Å². The number of allylic oxidation sites excluding steroid dienone is 8. The average Bonchev–Trinajstić information content (AvgIpc) is 2.63. The predicted molar refractivity (Wildman–Crippen MR) is 95.8 cm³/mol. The molecule has 0 radical (unpaired) electrons. The van der Waals surface area contributed by atoms with Gasteiger partial charge in [0.25, 0.3) is 0 Å². The first-order chi connectivity index (χ1) is 11.7. The minimum atomic E-state index is 0.0314. The lowest BCUT2D eigenvalue weighted by Crippen LogP contribution is -2.05. The molecule has 24 heavy (non-hydrogen) atoms. The van der Waals surface area contributed by atoms with Crippen molar-refractivity contribution in [2.75, 3.05) is 0 Å². The number of rotatable bonds is 1. The maximum Gasteiger partial charge on any atom is 0.186 e. The average molecular weight is 310 g/mol. The molecule has 2 aliphatic rings. The molecule has 4 rings (SSSR count). The monoisotopic (exact) mass is 310 g/mol. The summed E-state index contributed by atoms with van der Waals surface area (Å²) < 4.78 is 0. The number of fused-ring (bicyclic) bond motifs is 2. The zero-order chi connectivity index (χ0) is 16.5. The maximum absolute atomic E-state index is 12.0. The fourth-order valence-electron chi connectivity index (χ4n) is 3.06. The minimum Gasteiger partial charge on any atom is -0.289 e. The van der Waals surface area contributed by atoms with E-state index in [1.807, 2.05) is 72.8 Å². The fraction of sp³-hybridized carbons (Fsp3) is 0. The Morgan fingerprint density at radius 1 is 0.500 bits per heavy atom. The van der Waals surface area contributed by atoms with Crippen LogP contribution < -0.4 is 0 Å². The summed E-state index contributed by atoms with van der Waals surface area (Å²) in [6, 6.07) is 15.2. The Balaban J connectivity index is 1.79. The summed E-state index contributed by atoms with van der Waals surface area (Å²) in [5.41, 5.74) is 5.29. The molecule has 2 heteroatoms. The van der Waals surface area contributed by atoms with Crippen molar-refractivity contribution in [3.8, 4) is 0 Å². The first kappa shape index (κ1) is 14.3. The second-order valence-electron chi connectivity index (χ2n) is 5.73. The standard InChI is InChI=1S/C22H14O2/c23-21-13-11-15(17-5-1-3-7-19(17)21)9-10-16-12-14-22(24)20-8-4-2-6-18(16)20/h1-14H. The predicted octanol–water partition coefficient (Wildman–Crippen LogP) is 4.66. The van der Waals surface area contributed by atoms with Gasteiger partial charge in [-0.25, -0.2) is 0 Å². The molecule has 0 N–H and O–H groups in total. The smallest absolute Gasteiger partial charge is 0.186 e. The van der Waals surface area contributed by atoms with Crippen LogP contribution >= 0.6 is 0 Å². The van der Waals surface area contributed by atoms with Crippen molar-refractivity contribution in [2.24, 2.45) is 0 Å². The van der Waals surface area contributed by atoms with E-state index in [0.29, 0.717) is 0 Å². The highest BCUT2D eigenvalue weighted by molar-refractivity contribution is 6.13.